The number of rotatable bonds is 3. The van der Waals surface area contributed by atoms with Gasteiger partial charge in [0.25, 0.3) is 0 Å². The van der Waals surface area contributed by atoms with E-state index in [1.807, 2.05) is 12.1 Å². The van der Waals surface area contributed by atoms with Crippen LogP contribution >= 0.6 is 15.9 Å². The van der Waals surface area contributed by atoms with E-state index in [4.69, 9.17) is 9.47 Å². The zero-order valence-electron chi connectivity index (χ0n) is 11.1. The standard InChI is InChI=1S/C13H19BrN2O2/c1-15-4-6-16(7-5-15)13-11(17-2)8-10(14)9-12(13)18-3/h8-9H,4-7H2,1-3H3. The first-order valence-electron chi connectivity index (χ1n) is 6.00. The van der Waals surface area contributed by atoms with E-state index in [1.165, 1.54) is 0 Å². The van der Waals surface area contributed by atoms with Crippen LogP contribution in [-0.2, 0) is 0 Å². The van der Waals surface area contributed by atoms with Crippen LogP contribution in [0.1, 0.15) is 0 Å². The number of hydrogen-bond acceptors (Lipinski definition) is 4. The van der Waals surface area contributed by atoms with Gasteiger partial charge in [-0.15, -0.1) is 0 Å². The summed E-state index contributed by atoms with van der Waals surface area (Å²) in [5.74, 6) is 1.71. The summed E-state index contributed by atoms with van der Waals surface area (Å²) in [7, 11) is 5.54. The Bertz CT molecular complexity index is 392. The normalized spacial score (nSPS) is 16.8. The molecule has 0 spiro atoms. The lowest BCUT2D eigenvalue weighted by atomic mass is 10.2. The van der Waals surface area contributed by atoms with Crippen molar-refractivity contribution in [2.24, 2.45) is 0 Å². The minimum Gasteiger partial charge on any atom is -0.494 e. The zero-order chi connectivity index (χ0) is 13.1. The Kier molecular flexibility index (Phi) is 4.35. The number of methoxy groups -OCH3 is 2. The van der Waals surface area contributed by atoms with Crippen molar-refractivity contribution in [1.29, 1.82) is 0 Å². The van der Waals surface area contributed by atoms with Crippen molar-refractivity contribution in [3.8, 4) is 11.5 Å². The molecule has 0 aliphatic carbocycles. The van der Waals surface area contributed by atoms with E-state index in [0.717, 1.165) is 47.8 Å². The first-order chi connectivity index (χ1) is 8.65. The van der Waals surface area contributed by atoms with E-state index >= 15 is 0 Å². The fraction of sp³-hybridized carbons (Fsp3) is 0.538. The summed E-state index contributed by atoms with van der Waals surface area (Å²) in [6.45, 7) is 4.10. The van der Waals surface area contributed by atoms with Gasteiger partial charge in [-0.1, -0.05) is 15.9 Å². The third-order valence-electron chi connectivity index (χ3n) is 3.26. The number of nitrogens with zero attached hydrogens (tertiary/aromatic N) is 2. The summed E-state index contributed by atoms with van der Waals surface area (Å²) >= 11 is 3.48. The summed E-state index contributed by atoms with van der Waals surface area (Å²) in [4.78, 5) is 4.65. The molecule has 4 nitrogen and oxygen atoms in total. The van der Waals surface area contributed by atoms with Gasteiger partial charge in [-0.3, -0.25) is 0 Å². The summed E-state index contributed by atoms with van der Waals surface area (Å²) in [6, 6.07) is 3.96. The Balaban J connectivity index is 2.35. The van der Waals surface area contributed by atoms with Crippen LogP contribution in [0.25, 0.3) is 0 Å². The van der Waals surface area contributed by atoms with Gasteiger partial charge >= 0.3 is 0 Å². The maximum atomic E-state index is 5.48. The predicted molar refractivity (Wildman–Crippen MR) is 77.0 cm³/mol. The second-order valence-corrected chi connectivity index (χ2v) is 5.36. The van der Waals surface area contributed by atoms with Crippen LogP contribution in [0.4, 0.5) is 5.69 Å². The first-order valence-corrected chi connectivity index (χ1v) is 6.80. The Morgan fingerprint density at radius 1 is 1.00 bits per heavy atom. The number of hydrogen-bond donors (Lipinski definition) is 0. The van der Waals surface area contributed by atoms with Crippen LogP contribution in [0.15, 0.2) is 16.6 Å². The second-order valence-electron chi connectivity index (χ2n) is 4.45. The highest BCUT2D eigenvalue weighted by Crippen LogP contribution is 2.40. The van der Waals surface area contributed by atoms with Crippen LogP contribution in [0, 0.1) is 0 Å². The van der Waals surface area contributed by atoms with Gasteiger partial charge in [-0.25, -0.2) is 0 Å². The Hall–Kier alpha value is -0.940. The molecule has 0 aromatic heterocycles. The molecule has 0 unspecified atom stereocenters. The van der Waals surface area contributed by atoms with Crippen molar-refractivity contribution in [3.63, 3.8) is 0 Å². The minimum atomic E-state index is 0.853. The topological polar surface area (TPSA) is 24.9 Å². The van der Waals surface area contributed by atoms with E-state index in [0.29, 0.717) is 0 Å². The molecular formula is C13H19BrN2O2. The van der Waals surface area contributed by atoms with Gasteiger partial charge in [-0.2, -0.15) is 0 Å². The van der Waals surface area contributed by atoms with E-state index < -0.39 is 0 Å². The lowest BCUT2D eigenvalue weighted by Crippen LogP contribution is -2.44. The quantitative estimate of drug-likeness (QED) is 0.854. The van der Waals surface area contributed by atoms with Crippen molar-refractivity contribution in [1.82, 2.24) is 4.90 Å². The average Bonchev–Trinajstić information content (AvgIpc) is 2.39. The highest BCUT2D eigenvalue weighted by molar-refractivity contribution is 9.10. The number of anilines is 1. The summed E-state index contributed by atoms with van der Waals surface area (Å²) < 4.78 is 11.9. The molecule has 100 valence electrons. The molecule has 1 saturated heterocycles. The third-order valence-corrected chi connectivity index (χ3v) is 3.72. The van der Waals surface area contributed by atoms with Crippen molar-refractivity contribution in [2.45, 2.75) is 0 Å². The van der Waals surface area contributed by atoms with Gasteiger partial charge in [0, 0.05) is 30.7 Å². The Labute approximate surface area is 117 Å². The van der Waals surface area contributed by atoms with Crippen molar-refractivity contribution >= 4 is 21.6 Å². The number of piperazine rings is 1. The fourth-order valence-corrected chi connectivity index (χ4v) is 2.62. The van der Waals surface area contributed by atoms with Gasteiger partial charge in [-0.05, 0) is 19.2 Å². The smallest absolute Gasteiger partial charge is 0.147 e. The molecule has 1 aliphatic heterocycles. The molecule has 18 heavy (non-hydrogen) atoms. The summed E-state index contributed by atoms with van der Waals surface area (Å²) in [5, 5.41) is 0. The molecule has 0 amide bonds. The van der Waals surface area contributed by atoms with Gasteiger partial charge in [0.05, 0.1) is 14.2 Å². The molecule has 0 bridgehead atoms. The Morgan fingerprint density at radius 3 is 1.94 bits per heavy atom. The maximum Gasteiger partial charge on any atom is 0.147 e. The first kappa shape index (κ1) is 13.5. The van der Waals surface area contributed by atoms with Crippen molar-refractivity contribution < 1.29 is 9.47 Å². The van der Waals surface area contributed by atoms with Gasteiger partial charge in [0.2, 0.25) is 0 Å². The van der Waals surface area contributed by atoms with Crippen LogP contribution in [0.5, 0.6) is 11.5 Å². The number of likely N-dealkylation sites (N-methyl/N-ethyl adjacent to an activating group) is 1. The highest BCUT2D eigenvalue weighted by atomic mass is 79.9. The number of ether oxygens (including phenoxy) is 2. The van der Waals surface area contributed by atoms with Gasteiger partial charge in [0.15, 0.2) is 0 Å². The van der Waals surface area contributed by atoms with Crippen LogP contribution < -0.4 is 14.4 Å². The SMILES string of the molecule is COc1cc(Br)cc(OC)c1N1CCN(C)CC1. The molecule has 5 heteroatoms. The molecule has 0 radical (unpaired) electrons. The molecule has 1 aromatic rings. The Morgan fingerprint density at radius 2 is 1.50 bits per heavy atom. The number of benzene rings is 1. The highest BCUT2D eigenvalue weighted by Gasteiger charge is 2.22. The van der Waals surface area contributed by atoms with E-state index in [-0.39, 0.29) is 0 Å². The summed E-state index contributed by atoms with van der Waals surface area (Å²) in [6.07, 6.45) is 0. The monoisotopic (exact) mass is 314 g/mol. The fourth-order valence-electron chi connectivity index (χ4n) is 2.20. The molecule has 1 aliphatic rings. The molecule has 2 rings (SSSR count). The molecule has 0 atom stereocenters. The molecule has 0 N–H and O–H groups in total. The second kappa shape index (κ2) is 5.80. The van der Waals surface area contributed by atoms with Crippen LogP contribution in [0.2, 0.25) is 0 Å². The minimum absolute atomic E-state index is 0.853. The molecule has 1 fully saturated rings. The van der Waals surface area contributed by atoms with E-state index in [9.17, 15) is 0 Å². The largest absolute Gasteiger partial charge is 0.494 e. The average molecular weight is 315 g/mol. The van der Waals surface area contributed by atoms with Crippen molar-refractivity contribution in [3.05, 3.63) is 16.6 Å². The van der Waals surface area contributed by atoms with Gasteiger partial charge in [0.1, 0.15) is 17.2 Å². The molecule has 1 aromatic carbocycles. The maximum absolute atomic E-state index is 5.48. The van der Waals surface area contributed by atoms with E-state index in [2.05, 4.69) is 32.8 Å². The van der Waals surface area contributed by atoms with E-state index in [1.54, 1.807) is 14.2 Å². The lowest BCUT2D eigenvalue weighted by Gasteiger charge is -2.35. The van der Waals surface area contributed by atoms with Crippen LogP contribution in [0.3, 0.4) is 0 Å². The molecule has 0 saturated carbocycles. The number of halogens is 1. The molecule has 1 heterocycles. The zero-order valence-corrected chi connectivity index (χ0v) is 12.7. The lowest BCUT2D eigenvalue weighted by molar-refractivity contribution is 0.308. The van der Waals surface area contributed by atoms with Gasteiger partial charge < -0.3 is 19.3 Å². The van der Waals surface area contributed by atoms with Crippen LogP contribution in [-0.4, -0.2) is 52.3 Å². The van der Waals surface area contributed by atoms with Crippen molar-refractivity contribution in [2.75, 3.05) is 52.3 Å². The molecular weight excluding hydrogens is 296 g/mol. The predicted octanol–water partition coefficient (Wildman–Crippen LogP) is 2.22. The summed E-state index contributed by atoms with van der Waals surface area (Å²) in [5.41, 5.74) is 1.05. The third kappa shape index (κ3) is 2.72.